The molecule has 0 unspecified atom stereocenters. The number of rotatable bonds is 9. The molecular formula is C21H30N2O4. The fourth-order valence-corrected chi connectivity index (χ4v) is 2.10. The summed E-state index contributed by atoms with van der Waals surface area (Å²) in [4.78, 5) is 35.0. The minimum atomic E-state index is -0.614. The van der Waals surface area contributed by atoms with E-state index in [4.69, 9.17) is 10.5 Å². The van der Waals surface area contributed by atoms with Crippen LogP contribution in [0.4, 0.5) is 11.4 Å². The number of nitrogens with two attached hydrogens (primary N) is 1. The molecule has 1 rings (SSSR count). The van der Waals surface area contributed by atoms with Crippen molar-refractivity contribution in [3.8, 4) is 0 Å². The maximum atomic E-state index is 12.3. The summed E-state index contributed by atoms with van der Waals surface area (Å²) in [5, 5.41) is 2.83. The summed E-state index contributed by atoms with van der Waals surface area (Å²) in [6, 6.07) is 2.69. The van der Waals surface area contributed by atoms with E-state index < -0.39 is 5.97 Å². The number of benzene rings is 1. The van der Waals surface area contributed by atoms with Crippen molar-refractivity contribution in [2.24, 2.45) is 5.18 Å². The summed E-state index contributed by atoms with van der Waals surface area (Å²) < 4.78 is 5.18. The van der Waals surface area contributed by atoms with Gasteiger partial charge in [-0.15, -0.1) is 4.91 Å². The number of nitrogen functional groups attached to an aromatic ring is 1. The van der Waals surface area contributed by atoms with Crippen molar-refractivity contribution in [2.75, 3.05) is 12.3 Å². The predicted molar refractivity (Wildman–Crippen MR) is 110 cm³/mol. The minimum Gasteiger partial charge on any atom is -0.462 e. The Balaban J connectivity index is 0.00000210. The first-order valence-electron chi connectivity index (χ1n) is 9.18. The molecule has 0 radical (unpaired) electrons. The van der Waals surface area contributed by atoms with Gasteiger partial charge in [0.25, 0.3) is 0 Å². The minimum absolute atomic E-state index is 0.0522. The number of ketones is 1. The molecule has 2 N–H and O–H groups in total. The number of anilines is 1. The first kappa shape index (κ1) is 24.2. The van der Waals surface area contributed by atoms with Crippen LogP contribution in [0.1, 0.15) is 62.9 Å². The van der Waals surface area contributed by atoms with Gasteiger partial charge in [-0.05, 0) is 48.7 Å². The van der Waals surface area contributed by atoms with Gasteiger partial charge in [-0.1, -0.05) is 45.4 Å². The highest BCUT2D eigenvalue weighted by Gasteiger charge is 2.19. The van der Waals surface area contributed by atoms with Crippen LogP contribution in [0, 0.1) is 4.91 Å². The highest BCUT2D eigenvalue weighted by molar-refractivity contribution is 6.00. The van der Waals surface area contributed by atoms with Crippen LogP contribution in [-0.2, 0) is 16.0 Å². The van der Waals surface area contributed by atoms with Crippen LogP contribution in [0.15, 0.2) is 41.6 Å². The third-order valence-corrected chi connectivity index (χ3v) is 3.20. The van der Waals surface area contributed by atoms with Crippen LogP contribution in [0.25, 0.3) is 0 Å². The lowest BCUT2D eigenvalue weighted by atomic mass is 9.99. The molecule has 0 fully saturated rings. The van der Waals surface area contributed by atoms with Crippen LogP contribution in [0.2, 0.25) is 0 Å². The standard InChI is InChI=1S/C18H22N2O4.C3H8/c1-3-5-7-9-24-18(22)17-13(11-15(21)8-6-4-2)10-14(20-23)12-16(17)19;1-3-2/h3,5-6,8,10,12H,4,7,9,11,19H2,1-2H3;3H2,1-2H3/b5-3+,8-6+;. The van der Waals surface area contributed by atoms with E-state index in [-0.39, 0.29) is 35.7 Å². The monoisotopic (exact) mass is 374 g/mol. The number of ether oxygens (including phenoxy) is 1. The number of esters is 1. The zero-order chi connectivity index (χ0) is 20.7. The van der Waals surface area contributed by atoms with Crippen molar-refractivity contribution in [3.05, 3.63) is 52.5 Å². The van der Waals surface area contributed by atoms with Gasteiger partial charge in [-0.25, -0.2) is 4.79 Å². The molecule has 0 bridgehead atoms. The van der Waals surface area contributed by atoms with Crippen molar-refractivity contribution < 1.29 is 14.3 Å². The fraction of sp³-hybridized carbons (Fsp3) is 0.429. The van der Waals surface area contributed by atoms with E-state index in [1.165, 1.54) is 24.6 Å². The SMILES string of the molecule is C/C=C/CCOC(=O)c1c(N)cc(N=O)cc1CC(=O)/C=C/CC.CCC. The number of carbonyl (C=O) groups excluding carboxylic acids is 2. The number of hydrogen-bond acceptors (Lipinski definition) is 6. The van der Waals surface area contributed by atoms with Crippen LogP contribution in [0.5, 0.6) is 0 Å². The Morgan fingerprint density at radius 3 is 2.41 bits per heavy atom. The van der Waals surface area contributed by atoms with Gasteiger partial charge < -0.3 is 10.5 Å². The topological polar surface area (TPSA) is 98.8 Å². The van der Waals surface area contributed by atoms with Gasteiger partial charge >= 0.3 is 5.97 Å². The molecule has 0 spiro atoms. The zero-order valence-electron chi connectivity index (χ0n) is 16.7. The third kappa shape index (κ3) is 9.49. The molecule has 0 heterocycles. The Hall–Kier alpha value is -2.76. The molecule has 27 heavy (non-hydrogen) atoms. The molecule has 0 aliphatic heterocycles. The second kappa shape index (κ2) is 14.4. The van der Waals surface area contributed by atoms with Gasteiger partial charge in [0, 0.05) is 12.1 Å². The number of nitroso groups, excluding NO2 is 1. The molecule has 1 aromatic carbocycles. The van der Waals surface area contributed by atoms with Crippen LogP contribution in [0.3, 0.4) is 0 Å². The Bertz CT molecular complexity index is 679. The second-order valence-corrected chi connectivity index (χ2v) is 5.81. The first-order valence-corrected chi connectivity index (χ1v) is 9.18. The van der Waals surface area contributed by atoms with Crippen molar-refractivity contribution in [2.45, 2.75) is 53.4 Å². The molecule has 1 aromatic rings. The fourth-order valence-electron chi connectivity index (χ4n) is 2.10. The number of allylic oxidation sites excluding steroid dienone is 3. The van der Waals surface area contributed by atoms with E-state index in [1.54, 1.807) is 6.08 Å². The molecule has 148 valence electrons. The number of carbonyl (C=O) groups is 2. The molecule has 0 amide bonds. The van der Waals surface area contributed by atoms with E-state index in [0.29, 0.717) is 12.0 Å². The van der Waals surface area contributed by atoms with Crippen molar-refractivity contribution in [1.82, 2.24) is 0 Å². The molecule has 0 saturated carbocycles. The lowest BCUT2D eigenvalue weighted by molar-refractivity contribution is -0.114. The lowest BCUT2D eigenvalue weighted by Gasteiger charge is -2.11. The summed E-state index contributed by atoms with van der Waals surface area (Å²) >= 11 is 0. The molecular weight excluding hydrogens is 344 g/mol. The first-order chi connectivity index (χ1) is 12.9. The van der Waals surface area contributed by atoms with Gasteiger partial charge in [0.05, 0.1) is 12.2 Å². The number of hydrogen-bond donors (Lipinski definition) is 1. The van der Waals surface area contributed by atoms with E-state index in [0.717, 1.165) is 6.42 Å². The van der Waals surface area contributed by atoms with E-state index in [9.17, 15) is 14.5 Å². The summed E-state index contributed by atoms with van der Waals surface area (Å²) in [6.07, 6.45) is 9.41. The highest BCUT2D eigenvalue weighted by atomic mass is 16.5. The van der Waals surface area contributed by atoms with E-state index >= 15 is 0 Å². The van der Waals surface area contributed by atoms with Crippen molar-refractivity contribution in [3.63, 3.8) is 0 Å². The summed E-state index contributed by atoms with van der Waals surface area (Å²) in [5.41, 5.74) is 6.46. The van der Waals surface area contributed by atoms with Crippen LogP contribution < -0.4 is 5.73 Å². The van der Waals surface area contributed by atoms with Gasteiger partial charge in [0.1, 0.15) is 5.69 Å². The highest BCUT2D eigenvalue weighted by Crippen LogP contribution is 2.26. The summed E-state index contributed by atoms with van der Waals surface area (Å²) in [7, 11) is 0. The Kier molecular flexibility index (Phi) is 12.9. The van der Waals surface area contributed by atoms with Crippen LogP contribution in [-0.4, -0.2) is 18.4 Å². The smallest absolute Gasteiger partial charge is 0.340 e. The largest absolute Gasteiger partial charge is 0.462 e. The normalized spacial score (nSPS) is 10.5. The average molecular weight is 374 g/mol. The molecule has 0 aliphatic carbocycles. The molecule has 6 nitrogen and oxygen atoms in total. The van der Waals surface area contributed by atoms with Gasteiger partial charge in [-0.2, -0.15) is 0 Å². The second-order valence-electron chi connectivity index (χ2n) is 5.81. The van der Waals surface area contributed by atoms with E-state index in [1.807, 2.05) is 26.0 Å². The molecule has 0 aromatic heterocycles. The molecule has 0 aliphatic rings. The third-order valence-electron chi connectivity index (χ3n) is 3.20. The van der Waals surface area contributed by atoms with E-state index in [2.05, 4.69) is 19.0 Å². The van der Waals surface area contributed by atoms with Crippen LogP contribution >= 0.6 is 0 Å². The predicted octanol–water partition coefficient (Wildman–Crippen LogP) is 5.28. The molecule has 6 heteroatoms. The Labute approximate surface area is 161 Å². The molecule has 0 saturated heterocycles. The quantitative estimate of drug-likeness (QED) is 0.158. The maximum absolute atomic E-state index is 12.3. The average Bonchev–Trinajstić information content (AvgIpc) is 2.63. The number of nitrogens with zero attached hydrogens (tertiary/aromatic N) is 1. The Morgan fingerprint density at radius 2 is 1.85 bits per heavy atom. The zero-order valence-corrected chi connectivity index (χ0v) is 16.7. The lowest BCUT2D eigenvalue weighted by Crippen LogP contribution is -2.14. The van der Waals surface area contributed by atoms with Gasteiger partial charge in [-0.3, -0.25) is 4.79 Å². The maximum Gasteiger partial charge on any atom is 0.340 e. The van der Waals surface area contributed by atoms with Gasteiger partial charge in [0.15, 0.2) is 5.78 Å². The Morgan fingerprint density at radius 1 is 1.19 bits per heavy atom. The summed E-state index contributed by atoms with van der Waals surface area (Å²) in [6.45, 7) is 8.24. The van der Waals surface area contributed by atoms with Crippen molar-refractivity contribution >= 4 is 23.1 Å². The van der Waals surface area contributed by atoms with Gasteiger partial charge in [0.2, 0.25) is 0 Å². The molecule has 0 atom stereocenters. The summed E-state index contributed by atoms with van der Waals surface area (Å²) in [5.74, 6) is -0.806. The van der Waals surface area contributed by atoms with Crippen molar-refractivity contribution in [1.29, 1.82) is 0 Å².